The zero-order valence-electron chi connectivity index (χ0n) is 16.2. The highest BCUT2D eigenvalue weighted by molar-refractivity contribution is 5.90. The first-order chi connectivity index (χ1) is 13.1. The fourth-order valence-corrected chi connectivity index (χ4v) is 3.89. The van der Waals surface area contributed by atoms with Gasteiger partial charge in [-0.25, -0.2) is 4.98 Å². The molecule has 0 radical (unpaired) electrons. The number of hydrogen-bond donors (Lipinski definition) is 2. The Morgan fingerprint density at radius 1 is 1.07 bits per heavy atom. The number of carbonyl (C=O) groups is 1. The summed E-state index contributed by atoms with van der Waals surface area (Å²) in [5.41, 5.74) is 0.968. The summed E-state index contributed by atoms with van der Waals surface area (Å²) in [6, 6.07) is 8.54. The van der Waals surface area contributed by atoms with E-state index in [-0.39, 0.29) is 5.91 Å². The SMILES string of the molecule is CN(C)c1nc(NC2CCC(CNC(=O)C3CC3)CC2)nc2ccccc12. The lowest BCUT2D eigenvalue weighted by atomic mass is 9.86. The highest BCUT2D eigenvalue weighted by Gasteiger charge is 2.30. The Hall–Kier alpha value is -2.37. The molecule has 2 aliphatic rings. The van der Waals surface area contributed by atoms with Crippen molar-refractivity contribution in [3.05, 3.63) is 24.3 Å². The molecule has 6 heteroatoms. The number of amides is 1. The lowest BCUT2D eigenvalue weighted by Crippen LogP contribution is -2.34. The Kier molecular flexibility index (Phi) is 5.14. The lowest BCUT2D eigenvalue weighted by Gasteiger charge is -2.29. The van der Waals surface area contributed by atoms with Crippen molar-refractivity contribution in [2.75, 3.05) is 30.9 Å². The van der Waals surface area contributed by atoms with Gasteiger partial charge in [0.2, 0.25) is 11.9 Å². The number of rotatable bonds is 6. The maximum absolute atomic E-state index is 11.8. The summed E-state index contributed by atoms with van der Waals surface area (Å²) < 4.78 is 0. The number of aromatic nitrogens is 2. The van der Waals surface area contributed by atoms with Crippen LogP contribution in [0.5, 0.6) is 0 Å². The van der Waals surface area contributed by atoms with Crippen molar-refractivity contribution < 1.29 is 4.79 Å². The highest BCUT2D eigenvalue weighted by atomic mass is 16.2. The monoisotopic (exact) mass is 367 g/mol. The van der Waals surface area contributed by atoms with Gasteiger partial charge in [-0.1, -0.05) is 12.1 Å². The quantitative estimate of drug-likeness (QED) is 0.820. The van der Waals surface area contributed by atoms with E-state index >= 15 is 0 Å². The minimum absolute atomic E-state index is 0.260. The van der Waals surface area contributed by atoms with Crippen LogP contribution in [0.2, 0.25) is 0 Å². The molecule has 0 saturated heterocycles. The molecule has 0 spiro atoms. The predicted molar refractivity (Wildman–Crippen MR) is 109 cm³/mol. The fraction of sp³-hybridized carbons (Fsp3) is 0.571. The summed E-state index contributed by atoms with van der Waals surface area (Å²) in [4.78, 5) is 23.3. The number of hydrogen-bond acceptors (Lipinski definition) is 5. The molecule has 1 amide bonds. The second-order valence-electron chi connectivity index (χ2n) is 8.16. The van der Waals surface area contributed by atoms with E-state index in [0.29, 0.717) is 23.8 Å². The van der Waals surface area contributed by atoms with Gasteiger partial charge in [0, 0.05) is 38.0 Å². The van der Waals surface area contributed by atoms with Crippen LogP contribution in [-0.4, -0.2) is 42.6 Å². The summed E-state index contributed by atoms with van der Waals surface area (Å²) in [7, 11) is 4.03. The van der Waals surface area contributed by atoms with E-state index in [1.54, 1.807) is 0 Å². The third-order valence-corrected chi connectivity index (χ3v) is 5.70. The molecule has 2 aliphatic carbocycles. The third kappa shape index (κ3) is 4.31. The summed E-state index contributed by atoms with van der Waals surface area (Å²) in [5.74, 6) is 2.82. The van der Waals surface area contributed by atoms with Gasteiger partial charge in [-0.2, -0.15) is 4.98 Å². The summed E-state index contributed by atoms with van der Waals surface area (Å²) in [5, 5.41) is 7.75. The molecule has 1 aromatic heterocycles. The van der Waals surface area contributed by atoms with Crippen molar-refractivity contribution in [2.24, 2.45) is 11.8 Å². The summed E-state index contributed by atoms with van der Waals surface area (Å²) in [6.45, 7) is 0.833. The van der Waals surface area contributed by atoms with Crippen molar-refractivity contribution in [3.63, 3.8) is 0 Å². The zero-order valence-corrected chi connectivity index (χ0v) is 16.2. The Morgan fingerprint density at radius 2 is 1.81 bits per heavy atom. The van der Waals surface area contributed by atoms with Gasteiger partial charge in [0.25, 0.3) is 0 Å². The molecule has 4 rings (SSSR count). The average molecular weight is 367 g/mol. The van der Waals surface area contributed by atoms with Crippen LogP contribution in [0.4, 0.5) is 11.8 Å². The number of anilines is 2. The molecule has 144 valence electrons. The highest BCUT2D eigenvalue weighted by Crippen LogP contribution is 2.30. The topological polar surface area (TPSA) is 70.2 Å². The largest absolute Gasteiger partial charge is 0.362 e. The van der Waals surface area contributed by atoms with E-state index in [1.165, 1.54) is 0 Å². The number of fused-ring (bicyclic) bond motifs is 1. The molecular formula is C21H29N5O. The molecular weight excluding hydrogens is 338 g/mol. The van der Waals surface area contributed by atoms with E-state index in [0.717, 1.165) is 61.8 Å². The van der Waals surface area contributed by atoms with Gasteiger partial charge in [-0.15, -0.1) is 0 Å². The van der Waals surface area contributed by atoms with Gasteiger partial charge >= 0.3 is 0 Å². The molecule has 0 aliphatic heterocycles. The summed E-state index contributed by atoms with van der Waals surface area (Å²) in [6.07, 6.45) is 6.61. The Balaban J connectivity index is 1.35. The minimum atomic E-state index is 0.260. The second-order valence-corrected chi connectivity index (χ2v) is 8.16. The van der Waals surface area contributed by atoms with Crippen LogP contribution in [0.15, 0.2) is 24.3 Å². The van der Waals surface area contributed by atoms with Gasteiger partial charge in [-0.05, 0) is 56.6 Å². The van der Waals surface area contributed by atoms with Crippen LogP contribution >= 0.6 is 0 Å². The normalized spacial score (nSPS) is 22.4. The van der Waals surface area contributed by atoms with E-state index in [2.05, 4.69) is 16.7 Å². The second kappa shape index (κ2) is 7.71. The maximum atomic E-state index is 11.8. The molecule has 2 saturated carbocycles. The van der Waals surface area contributed by atoms with E-state index in [1.807, 2.05) is 37.2 Å². The smallest absolute Gasteiger partial charge is 0.225 e. The number of benzene rings is 1. The molecule has 6 nitrogen and oxygen atoms in total. The molecule has 2 N–H and O–H groups in total. The van der Waals surface area contributed by atoms with Gasteiger partial charge < -0.3 is 15.5 Å². The standard InChI is InChI=1S/C21H29N5O/c1-26(2)19-17-5-3-4-6-18(17)24-21(25-19)23-16-11-7-14(8-12-16)13-22-20(27)15-9-10-15/h3-6,14-16H,7-13H2,1-2H3,(H,22,27)(H,23,24,25). The van der Waals surface area contributed by atoms with Crippen LogP contribution in [0.1, 0.15) is 38.5 Å². The molecule has 2 fully saturated rings. The average Bonchev–Trinajstić information content (AvgIpc) is 3.52. The number of carbonyl (C=O) groups excluding carboxylic acids is 1. The van der Waals surface area contributed by atoms with Gasteiger partial charge in [0.1, 0.15) is 5.82 Å². The van der Waals surface area contributed by atoms with E-state index < -0.39 is 0 Å². The van der Waals surface area contributed by atoms with E-state index in [9.17, 15) is 4.79 Å². The van der Waals surface area contributed by atoms with Crippen molar-refractivity contribution >= 4 is 28.6 Å². The first kappa shape index (κ1) is 18.0. The zero-order chi connectivity index (χ0) is 18.8. The number of para-hydroxylation sites is 1. The Morgan fingerprint density at radius 3 is 2.52 bits per heavy atom. The van der Waals surface area contributed by atoms with Gasteiger partial charge in [0.05, 0.1) is 5.52 Å². The fourth-order valence-electron chi connectivity index (χ4n) is 3.89. The van der Waals surface area contributed by atoms with Crippen LogP contribution in [0, 0.1) is 11.8 Å². The molecule has 1 heterocycles. The summed E-state index contributed by atoms with van der Waals surface area (Å²) >= 11 is 0. The lowest BCUT2D eigenvalue weighted by molar-refractivity contribution is -0.122. The van der Waals surface area contributed by atoms with Crippen LogP contribution in [0.25, 0.3) is 10.9 Å². The Labute approximate surface area is 160 Å². The van der Waals surface area contributed by atoms with Crippen LogP contribution < -0.4 is 15.5 Å². The first-order valence-electron chi connectivity index (χ1n) is 10.1. The number of nitrogens with zero attached hydrogens (tertiary/aromatic N) is 3. The van der Waals surface area contributed by atoms with Crippen LogP contribution in [0.3, 0.4) is 0 Å². The first-order valence-corrected chi connectivity index (χ1v) is 10.1. The molecule has 2 aromatic rings. The predicted octanol–water partition coefficient (Wildman–Crippen LogP) is 3.19. The molecule has 0 unspecified atom stereocenters. The maximum Gasteiger partial charge on any atom is 0.225 e. The molecule has 0 bridgehead atoms. The molecule has 1 aromatic carbocycles. The van der Waals surface area contributed by atoms with Gasteiger partial charge in [0.15, 0.2) is 0 Å². The minimum Gasteiger partial charge on any atom is -0.362 e. The van der Waals surface area contributed by atoms with Crippen LogP contribution in [-0.2, 0) is 4.79 Å². The Bertz CT molecular complexity index is 809. The van der Waals surface area contributed by atoms with Gasteiger partial charge in [-0.3, -0.25) is 4.79 Å². The number of nitrogens with one attached hydrogen (secondary N) is 2. The molecule has 0 atom stereocenters. The molecule has 27 heavy (non-hydrogen) atoms. The van der Waals surface area contributed by atoms with Crippen molar-refractivity contribution in [2.45, 2.75) is 44.6 Å². The van der Waals surface area contributed by atoms with E-state index in [4.69, 9.17) is 9.97 Å². The van der Waals surface area contributed by atoms with Crippen molar-refractivity contribution in [3.8, 4) is 0 Å². The third-order valence-electron chi connectivity index (χ3n) is 5.70. The van der Waals surface area contributed by atoms with Crippen molar-refractivity contribution in [1.82, 2.24) is 15.3 Å². The van der Waals surface area contributed by atoms with Crippen molar-refractivity contribution in [1.29, 1.82) is 0 Å².